The van der Waals surface area contributed by atoms with Crippen LogP contribution in [-0.2, 0) is 19.5 Å². The third kappa shape index (κ3) is 13.5. The summed E-state index contributed by atoms with van der Waals surface area (Å²) >= 11 is 0. The molecule has 2 nitrogen and oxygen atoms in total. The first-order chi connectivity index (χ1) is 14.8. The van der Waals surface area contributed by atoms with E-state index in [1.165, 1.54) is 141 Å². The molecule has 2 heteroatoms. The predicted molar refractivity (Wildman–Crippen MR) is 133 cm³/mol. The molecule has 0 aliphatic heterocycles. The third-order valence-corrected chi connectivity index (χ3v) is 6.66. The molecule has 1 rings (SSSR count). The molecule has 0 aliphatic rings. The Kier molecular flexibility index (Phi) is 18.3. The summed E-state index contributed by atoms with van der Waals surface area (Å²) in [5, 5.41) is 0. The fourth-order valence-electron chi connectivity index (χ4n) is 4.67. The van der Waals surface area contributed by atoms with E-state index in [4.69, 9.17) is 0 Å². The predicted octanol–water partition coefficient (Wildman–Crippen LogP) is 8.79. The topological polar surface area (TPSA) is 8.81 Å². The Morgan fingerprint density at radius 3 is 1.47 bits per heavy atom. The molecule has 1 aromatic rings. The van der Waals surface area contributed by atoms with Gasteiger partial charge in [-0.15, -0.1) is 0 Å². The first-order valence-corrected chi connectivity index (χ1v) is 13.9. The molecule has 0 bridgehead atoms. The number of aromatic nitrogens is 2. The number of imidazole rings is 1. The number of hydrogen-bond acceptors (Lipinski definition) is 0. The minimum absolute atomic E-state index is 1.15. The zero-order valence-corrected chi connectivity index (χ0v) is 21.1. The summed E-state index contributed by atoms with van der Waals surface area (Å²) in [6, 6.07) is 0. The number of aryl methyl sites for hydroxylation is 2. The largest absolute Gasteiger partial charge is 0.256 e. The molecule has 1 aromatic heterocycles. The molecular weight excluding hydrogens is 364 g/mol. The zero-order chi connectivity index (χ0) is 21.7. The number of nitrogens with zero attached hydrogens (tertiary/aromatic N) is 2. The fourth-order valence-corrected chi connectivity index (χ4v) is 4.67. The maximum Gasteiger partial charge on any atom is 0.256 e. The smallest absolute Gasteiger partial charge is 0.234 e. The van der Waals surface area contributed by atoms with Gasteiger partial charge in [-0.3, -0.25) is 0 Å². The molecule has 0 saturated heterocycles. The van der Waals surface area contributed by atoms with Crippen LogP contribution in [0.25, 0.3) is 0 Å². The van der Waals surface area contributed by atoms with Gasteiger partial charge in [0.2, 0.25) is 0 Å². The second-order valence-electron chi connectivity index (χ2n) is 9.47. The Bertz CT molecular complexity index is 477. The second kappa shape index (κ2) is 20.1. The van der Waals surface area contributed by atoms with Crippen LogP contribution in [0.1, 0.15) is 149 Å². The van der Waals surface area contributed by atoms with Gasteiger partial charge in [0.15, 0.2) is 0 Å². The van der Waals surface area contributed by atoms with Gasteiger partial charge in [0.1, 0.15) is 12.4 Å². The number of hydrogen-bond donors (Lipinski definition) is 0. The van der Waals surface area contributed by atoms with E-state index in [0.717, 1.165) is 6.42 Å². The van der Waals surface area contributed by atoms with Crippen molar-refractivity contribution in [1.82, 2.24) is 4.57 Å². The third-order valence-electron chi connectivity index (χ3n) is 6.66. The minimum atomic E-state index is 1.15. The molecule has 30 heavy (non-hydrogen) atoms. The lowest BCUT2D eigenvalue weighted by Gasteiger charge is -2.05. The van der Waals surface area contributed by atoms with Crippen LogP contribution in [0.4, 0.5) is 0 Å². The summed E-state index contributed by atoms with van der Waals surface area (Å²) in [5.41, 5.74) is 0. The van der Waals surface area contributed by atoms with Gasteiger partial charge in [-0.2, -0.15) is 0 Å². The lowest BCUT2D eigenvalue weighted by atomic mass is 10.0. The summed E-state index contributed by atoms with van der Waals surface area (Å²) in [6.07, 6.45) is 32.8. The fraction of sp³-hybridized carbons (Fsp3) is 0.893. The van der Waals surface area contributed by atoms with Crippen LogP contribution in [0.15, 0.2) is 12.4 Å². The van der Waals surface area contributed by atoms with Crippen LogP contribution in [-0.4, -0.2) is 4.57 Å². The van der Waals surface area contributed by atoms with Crippen molar-refractivity contribution < 1.29 is 4.57 Å². The number of unbranched alkanes of at least 4 members (excludes halogenated alkanes) is 17. The second-order valence-corrected chi connectivity index (χ2v) is 9.47. The quantitative estimate of drug-likeness (QED) is 0.131. The van der Waals surface area contributed by atoms with Gasteiger partial charge >= 0.3 is 0 Å². The van der Waals surface area contributed by atoms with Gasteiger partial charge in [0, 0.05) is 6.42 Å². The summed E-state index contributed by atoms with van der Waals surface area (Å²) in [6.45, 7) is 9.33. The van der Waals surface area contributed by atoms with E-state index in [9.17, 15) is 0 Å². The summed E-state index contributed by atoms with van der Waals surface area (Å²) in [4.78, 5) is 0. The maximum atomic E-state index is 2.52. The van der Waals surface area contributed by atoms with Crippen molar-refractivity contribution in [2.45, 2.75) is 162 Å². The minimum Gasteiger partial charge on any atom is -0.234 e. The monoisotopic (exact) mass is 419 g/mol. The van der Waals surface area contributed by atoms with Crippen molar-refractivity contribution in [1.29, 1.82) is 0 Å². The highest BCUT2D eigenvalue weighted by atomic mass is 15.1. The van der Waals surface area contributed by atoms with E-state index in [-0.39, 0.29) is 0 Å². The molecular formula is C28H55N2+. The molecule has 0 spiro atoms. The van der Waals surface area contributed by atoms with E-state index < -0.39 is 0 Å². The molecule has 0 aromatic carbocycles. The van der Waals surface area contributed by atoms with E-state index in [1.54, 1.807) is 0 Å². The highest BCUT2D eigenvalue weighted by molar-refractivity contribution is 4.83. The van der Waals surface area contributed by atoms with Crippen molar-refractivity contribution in [2.24, 2.45) is 0 Å². The average Bonchev–Trinajstić information content (AvgIpc) is 3.15. The Balaban J connectivity index is 2.03. The molecule has 0 radical (unpaired) electrons. The van der Waals surface area contributed by atoms with Crippen LogP contribution in [0, 0.1) is 0 Å². The van der Waals surface area contributed by atoms with Crippen molar-refractivity contribution in [3.63, 3.8) is 0 Å². The highest BCUT2D eigenvalue weighted by Crippen LogP contribution is 2.13. The molecule has 1 heterocycles. The van der Waals surface area contributed by atoms with Gasteiger partial charge in [-0.05, 0) is 25.7 Å². The van der Waals surface area contributed by atoms with Gasteiger partial charge < -0.3 is 0 Å². The lowest BCUT2D eigenvalue weighted by Crippen LogP contribution is -2.37. The number of rotatable bonds is 22. The molecule has 0 aliphatic carbocycles. The molecule has 0 atom stereocenters. The molecule has 0 fully saturated rings. The average molecular weight is 420 g/mol. The Hall–Kier alpha value is -0.790. The van der Waals surface area contributed by atoms with Crippen molar-refractivity contribution in [2.75, 3.05) is 0 Å². The van der Waals surface area contributed by atoms with E-state index in [0.29, 0.717) is 0 Å². The first-order valence-electron chi connectivity index (χ1n) is 13.9. The first kappa shape index (κ1) is 27.2. The molecule has 0 N–H and O–H groups in total. The van der Waals surface area contributed by atoms with Crippen LogP contribution in [0.5, 0.6) is 0 Å². The molecule has 176 valence electrons. The van der Waals surface area contributed by atoms with E-state index in [1.807, 2.05) is 0 Å². The Morgan fingerprint density at radius 1 is 0.567 bits per heavy atom. The van der Waals surface area contributed by atoms with Crippen molar-refractivity contribution >= 4 is 0 Å². The SMILES string of the molecule is CCCCCCCCCCCCCCCn1cc[n+](CCCCCCCC)c1CC. The van der Waals surface area contributed by atoms with Gasteiger partial charge in [-0.1, -0.05) is 117 Å². The maximum absolute atomic E-state index is 2.52. The Labute approximate surface area is 189 Å². The molecule has 0 amide bonds. The lowest BCUT2D eigenvalue weighted by molar-refractivity contribution is -0.704. The van der Waals surface area contributed by atoms with Crippen LogP contribution in [0.3, 0.4) is 0 Å². The summed E-state index contributed by atoms with van der Waals surface area (Å²) in [5.74, 6) is 1.53. The van der Waals surface area contributed by atoms with Crippen LogP contribution >= 0.6 is 0 Å². The van der Waals surface area contributed by atoms with Crippen molar-refractivity contribution in [3.05, 3.63) is 18.2 Å². The van der Waals surface area contributed by atoms with E-state index >= 15 is 0 Å². The standard InChI is InChI=1S/C28H55N2/c1-4-7-9-11-13-14-15-16-17-18-19-21-23-25-30-27-26-29(28(30)6-3)24-22-20-12-10-8-5-2/h26-27H,4-25H2,1-3H3/q+1. The van der Waals surface area contributed by atoms with Gasteiger partial charge in [0.05, 0.1) is 13.1 Å². The zero-order valence-electron chi connectivity index (χ0n) is 21.1. The van der Waals surface area contributed by atoms with Gasteiger partial charge in [-0.25, -0.2) is 9.13 Å². The highest BCUT2D eigenvalue weighted by Gasteiger charge is 2.14. The van der Waals surface area contributed by atoms with Crippen LogP contribution < -0.4 is 4.57 Å². The van der Waals surface area contributed by atoms with Crippen LogP contribution in [0.2, 0.25) is 0 Å². The summed E-state index contributed by atoms with van der Waals surface area (Å²) in [7, 11) is 0. The molecule has 0 unspecified atom stereocenters. The van der Waals surface area contributed by atoms with E-state index in [2.05, 4.69) is 42.3 Å². The van der Waals surface area contributed by atoms with Gasteiger partial charge in [0.25, 0.3) is 5.82 Å². The Morgan fingerprint density at radius 2 is 1.00 bits per heavy atom. The van der Waals surface area contributed by atoms with Crippen molar-refractivity contribution in [3.8, 4) is 0 Å². The summed E-state index contributed by atoms with van der Waals surface area (Å²) < 4.78 is 5.04. The normalized spacial score (nSPS) is 11.4. The molecule has 0 saturated carbocycles.